The molecule has 0 spiro atoms. The van der Waals surface area contributed by atoms with Gasteiger partial charge in [-0.3, -0.25) is 14.9 Å². The first-order valence-corrected chi connectivity index (χ1v) is 6.89. The maximum Gasteiger partial charge on any atom is 0.342 e. The average Bonchev–Trinajstić information content (AvgIpc) is 2.54. The number of para-hydroxylation sites is 2. The molecular weight excluding hydrogens is 316 g/mol. The molecule has 0 aliphatic carbocycles. The minimum atomic E-state index is -0.873. The number of nitro groups is 1. The summed E-state index contributed by atoms with van der Waals surface area (Å²) in [5, 5.41) is 22.9. The minimum Gasteiger partial charge on any atom is -0.507 e. The number of carbonyl (C=O) groups excluding carboxylic acids is 2. The van der Waals surface area contributed by atoms with Crippen molar-refractivity contribution in [2.75, 3.05) is 11.9 Å². The molecule has 0 fully saturated rings. The molecule has 8 heteroatoms. The SMILES string of the molecule is Cc1cccc([N+](=O)[O-])c1NC(=O)COC(=O)c1ccccc1O. The van der Waals surface area contributed by atoms with Crippen molar-refractivity contribution < 1.29 is 24.4 Å². The number of anilines is 1. The second-order valence-corrected chi connectivity index (χ2v) is 4.87. The summed E-state index contributed by atoms with van der Waals surface area (Å²) >= 11 is 0. The van der Waals surface area contributed by atoms with Gasteiger partial charge in [0.1, 0.15) is 17.0 Å². The van der Waals surface area contributed by atoms with Gasteiger partial charge in [0.25, 0.3) is 11.6 Å². The molecule has 0 saturated carbocycles. The molecule has 0 aromatic heterocycles. The molecule has 8 nitrogen and oxygen atoms in total. The second kappa shape index (κ2) is 7.23. The highest BCUT2D eigenvalue weighted by molar-refractivity contribution is 5.98. The van der Waals surface area contributed by atoms with Crippen LogP contribution in [0.25, 0.3) is 0 Å². The van der Waals surface area contributed by atoms with Crippen LogP contribution in [0.3, 0.4) is 0 Å². The number of phenols is 1. The van der Waals surface area contributed by atoms with Crippen LogP contribution in [-0.4, -0.2) is 28.5 Å². The number of hydrogen-bond acceptors (Lipinski definition) is 6. The topological polar surface area (TPSA) is 119 Å². The fourth-order valence-electron chi connectivity index (χ4n) is 2.00. The third-order valence-corrected chi connectivity index (χ3v) is 3.17. The van der Waals surface area contributed by atoms with Crippen LogP contribution in [0, 0.1) is 17.0 Å². The van der Waals surface area contributed by atoms with E-state index in [-0.39, 0.29) is 22.7 Å². The molecule has 0 aliphatic heterocycles. The van der Waals surface area contributed by atoms with Crippen LogP contribution in [0.1, 0.15) is 15.9 Å². The Morgan fingerprint density at radius 2 is 1.92 bits per heavy atom. The third-order valence-electron chi connectivity index (χ3n) is 3.17. The standard InChI is InChI=1S/C16H14N2O6/c1-10-5-4-7-12(18(22)23)15(10)17-14(20)9-24-16(21)11-6-2-3-8-13(11)19/h2-8,19H,9H2,1H3,(H,17,20). The van der Waals surface area contributed by atoms with Gasteiger partial charge in [-0.15, -0.1) is 0 Å². The summed E-state index contributed by atoms with van der Waals surface area (Å²) in [5.41, 5.74) is 0.221. The predicted octanol–water partition coefficient (Wildman–Crippen LogP) is 2.40. The van der Waals surface area contributed by atoms with Crippen molar-refractivity contribution in [3.8, 4) is 5.75 Å². The number of nitro benzene ring substituents is 1. The Hall–Kier alpha value is -3.42. The number of rotatable bonds is 5. The zero-order valence-corrected chi connectivity index (χ0v) is 12.7. The van der Waals surface area contributed by atoms with Gasteiger partial charge in [0.05, 0.1) is 4.92 Å². The highest BCUT2D eigenvalue weighted by atomic mass is 16.6. The maximum atomic E-state index is 11.9. The smallest absolute Gasteiger partial charge is 0.342 e. The van der Waals surface area contributed by atoms with Crippen LogP contribution >= 0.6 is 0 Å². The summed E-state index contributed by atoms with van der Waals surface area (Å²) in [6, 6.07) is 10.1. The van der Waals surface area contributed by atoms with E-state index >= 15 is 0 Å². The number of phenolic OH excluding ortho intramolecular Hbond substituents is 1. The molecule has 0 unspecified atom stereocenters. The first kappa shape index (κ1) is 16.9. The van der Waals surface area contributed by atoms with Crippen LogP contribution in [0.5, 0.6) is 5.75 Å². The average molecular weight is 330 g/mol. The maximum absolute atomic E-state index is 11.9. The number of esters is 1. The normalized spacial score (nSPS) is 10.0. The van der Waals surface area contributed by atoms with Crippen LogP contribution in [0.2, 0.25) is 0 Å². The van der Waals surface area contributed by atoms with Crippen LogP contribution < -0.4 is 5.32 Å². The number of benzene rings is 2. The summed E-state index contributed by atoms with van der Waals surface area (Å²) < 4.78 is 4.80. The molecule has 0 atom stereocenters. The molecule has 0 bridgehead atoms. The number of carbonyl (C=O) groups is 2. The van der Waals surface area contributed by atoms with Gasteiger partial charge in [-0.25, -0.2) is 4.79 Å². The van der Waals surface area contributed by atoms with E-state index in [9.17, 15) is 24.8 Å². The van der Waals surface area contributed by atoms with E-state index in [0.29, 0.717) is 5.56 Å². The molecule has 0 heterocycles. The molecule has 2 rings (SSSR count). The van der Waals surface area contributed by atoms with Crippen LogP contribution in [0.15, 0.2) is 42.5 Å². The Morgan fingerprint density at radius 1 is 1.21 bits per heavy atom. The number of hydrogen-bond donors (Lipinski definition) is 2. The first-order chi connectivity index (χ1) is 11.4. The van der Waals surface area contributed by atoms with Crippen molar-refractivity contribution in [2.24, 2.45) is 0 Å². The van der Waals surface area contributed by atoms with E-state index in [1.165, 1.54) is 36.4 Å². The molecule has 0 saturated heterocycles. The number of nitrogens with zero attached hydrogens (tertiary/aromatic N) is 1. The molecule has 1 amide bonds. The largest absolute Gasteiger partial charge is 0.507 e. The van der Waals surface area contributed by atoms with Crippen molar-refractivity contribution >= 4 is 23.3 Å². The quantitative estimate of drug-likeness (QED) is 0.493. The Morgan fingerprint density at radius 3 is 2.58 bits per heavy atom. The number of ether oxygens (including phenoxy) is 1. The van der Waals surface area contributed by atoms with Crippen molar-refractivity contribution in [3.63, 3.8) is 0 Å². The Labute approximate surface area is 136 Å². The fraction of sp³-hybridized carbons (Fsp3) is 0.125. The summed E-state index contributed by atoms with van der Waals surface area (Å²) in [6.45, 7) is 0.968. The molecule has 0 radical (unpaired) electrons. The van der Waals surface area contributed by atoms with Crippen molar-refractivity contribution in [2.45, 2.75) is 6.92 Å². The lowest BCUT2D eigenvalue weighted by molar-refractivity contribution is -0.384. The molecule has 0 aliphatic rings. The van der Waals surface area contributed by atoms with Gasteiger partial charge in [-0.2, -0.15) is 0 Å². The van der Waals surface area contributed by atoms with Gasteiger partial charge in [0, 0.05) is 6.07 Å². The lowest BCUT2D eigenvalue weighted by Gasteiger charge is -2.09. The zero-order chi connectivity index (χ0) is 17.7. The van der Waals surface area contributed by atoms with Crippen LogP contribution in [-0.2, 0) is 9.53 Å². The fourth-order valence-corrected chi connectivity index (χ4v) is 2.00. The summed E-state index contributed by atoms with van der Waals surface area (Å²) in [4.78, 5) is 34.1. The van der Waals surface area contributed by atoms with E-state index in [1.807, 2.05) is 0 Å². The lowest BCUT2D eigenvalue weighted by atomic mass is 10.1. The van der Waals surface area contributed by atoms with Gasteiger partial charge in [-0.05, 0) is 24.6 Å². The monoisotopic (exact) mass is 330 g/mol. The van der Waals surface area contributed by atoms with E-state index in [0.717, 1.165) is 0 Å². The second-order valence-electron chi connectivity index (χ2n) is 4.87. The van der Waals surface area contributed by atoms with Crippen molar-refractivity contribution in [1.82, 2.24) is 0 Å². The molecule has 2 aromatic carbocycles. The molecular formula is C16H14N2O6. The lowest BCUT2D eigenvalue weighted by Crippen LogP contribution is -2.22. The van der Waals surface area contributed by atoms with E-state index in [1.54, 1.807) is 13.0 Å². The number of aromatic hydroxyl groups is 1. The van der Waals surface area contributed by atoms with E-state index in [4.69, 9.17) is 4.74 Å². The Kier molecular flexibility index (Phi) is 5.10. The Balaban J connectivity index is 2.04. The summed E-state index contributed by atoms with van der Waals surface area (Å²) in [5.74, 6) is -1.86. The van der Waals surface area contributed by atoms with Gasteiger partial charge in [0.15, 0.2) is 6.61 Å². The highest BCUT2D eigenvalue weighted by Crippen LogP contribution is 2.27. The first-order valence-electron chi connectivity index (χ1n) is 6.89. The molecule has 2 N–H and O–H groups in total. The van der Waals surface area contributed by atoms with Gasteiger partial charge >= 0.3 is 5.97 Å². The van der Waals surface area contributed by atoms with Gasteiger partial charge in [-0.1, -0.05) is 24.3 Å². The van der Waals surface area contributed by atoms with Gasteiger partial charge in [0.2, 0.25) is 0 Å². The number of amides is 1. The van der Waals surface area contributed by atoms with Gasteiger partial charge < -0.3 is 15.2 Å². The summed E-state index contributed by atoms with van der Waals surface area (Å²) in [6.07, 6.45) is 0. The number of nitrogens with one attached hydrogen (secondary N) is 1. The predicted molar refractivity (Wildman–Crippen MR) is 84.9 cm³/mol. The van der Waals surface area contributed by atoms with E-state index < -0.39 is 23.4 Å². The van der Waals surface area contributed by atoms with E-state index in [2.05, 4.69) is 5.32 Å². The highest BCUT2D eigenvalue weighted by Gasteiger charge is 2.19. The minimum absolute atomic E-state index is 0.0473. The molecule has 24 heavy (non-hydrogen) atoms. The third kappa shape index (κ3) is 3.86. The van der Waals surface area contributed by atoms with Crippen molar-refractivity contribution in [1.29, 1.82) is 0 Å². The van der Waals surface area contributed by atoms with Crippen LogP contribution in [0.4, 0.5) is 11.4 Å². The summed E-state index contributed by atoms with van der Waals surface area (Å²) in [7, 11) is 0. The Bertz CT molecular complexity index is 803. The zero-order valence-electron chi connectivity index (χ0n) is 12.7. The molecule has 2 aromatic rings. The molecule has 124 valence electrons. The number of aryl methyl sites for hydroxylation is 1. The van der Waals surface area contributed by atoms with Crippen molar-refractivity contribution in [3.05, 3.63) is 63.7 Å².